The summed E-state index contributed by atoms with van der Waals surface area (Å²) in [7, 11) is -1.41. The van der Waals surface area contributed by atoms with E-state index in [0.29, 0.717) is 17.5 Å². The average Bonchev–Trinajstić information content (AvgIpc) is 3.37. The van der Waals surface area contributed by atoms with Crippen molar-refractivity contribution in [3.05, 3.63) is 157 Å². The summed E-state index contributed by atoms with van der Waals surface area (Å²) >= 11 is 0. The van der Waals surface area contributed by atoms with E-state index in [-0.39, 0.29) is 5.41 Å². The number of hydrogen-bond acceptors (Lipinski definition) is 3. The van der Waals surface area contributed by atoms with Gasteiger partial charge in [-0.1, -0.05) is 172 Å². The quantitative estimate of drug-likeness (QED) is 0.168. The number of hydrogen-bond donors (Lipinski definition) is 0. The first-order chi connectivity index (χ1) is 23.6. The summed E-state index contributed by atoms with van der Waals surface area (Å²) in [6, 6.07) is 51.9. The second-order valence-corrected chi connectivity index (χ2v) is 19.7. The number of rotatable bonds is 6. The third kappa shape index (κ3) is 5.72. The molecule has 0 aliphatic heterocycles. The van der Waals surface area contributed by atoms with Crippen molar-refractivity contribution in [2.24, 2.45) is 0 Å². The van der Waals surface area contributed by atoms with E-state index in [0.717, 1.165) is 22.3 Å². The fraction of sp³-hybridized carbons (Fsp3) is 0.133. The zero-order chi connectivity index (χ0) is 33.8. The third-order valence-corrected chi connectivity index (χ3v) is 12.0. The summed E-state index contributed by atoms with van der Waals surface area (Å²) in [5, 5.41) is 1.52. The lowest BCUT2D eigenvalue weighted by atomic mass is 9.81. The summed E-state index contributed by atoms with van der Waals surface area (Å²) in [6.07, 6.45) is 0. The Morgan fingerprint density at radius 3 is 1.35 bits per heavy atom. The van der Waals surface area contributed by atoms with Crippen molar-refractivity contribution in [1.82, 2.24) is 15.0 Å². The monoisotopic (exact) mass is 649 g/mol. The summed E-state index contributed by atoms with van der Waals surface area (Å²) in [6.45, 7) is 12.0. The molecule has 0 radical (unpaired) electrons. The molecule has 3 nitrogen and oxygen atoms in total. The second kappa shape index (κ2) is 11.9. The van der Waals surface area contributed by atoms with Crippen LogP contribution >= 0.6 is 0 Å². The highest BCUT2D eigenvalue weighted by atomic mass is 28.3. The predicted molar refractivity (Wildman–Crippen MR) is 208 cm³/mol. The van der Waals surface area contributed by atoms with Crippen molar-refractivity contribution < 1.29 is 0 Å². The van der Waals surface area contributed by atoms with Crippen LogP contribution in [-0.2, 0) is 5.41 Å². The lowest BCUT2D eigenvalue weighted by molar-refractivity contribution is 0.661. The lowest BCUT2D eigenvalue weighted by Crippen LogP contribution is -2.38. The Morgan fingerprint density at radius 2 is 0.796 bits per heavy atom. The van der Waals surface area contributed by atoms with E-state index in [4.69, 9.17) is 15.0 Å². The van der Waals surface area contributed by atoms with Crippen molar-refractivity contribution in [1.29, 1.82) is 0 Å². The minimum absolute atomic E-state index is 0.0421. The molecule has 0 spiro atoms. The van der Waals surface area contributed by atoms with Gasteiger partial charge in [0, 0.05) is 22.1 Å². The number of fused-ring (bicyclic) bond motifs is 3. The first-order valence-corrected chi connectivity index (χ1v) is 20.5. The van der Waals surface area contributed by atoms with Gasteiger partial charge in [0.1, 0.15) is 0 Å². The van der Waals surface area contributed by atoms with Crippen LogP contribution in [-0.4, -0.2) is 23.0 Å². The smallest absolute Gasteiger partial charge is 0.164 e. The first-order valence-electron chi connectivity index (χ1n) is 17.0. The van der Waals surface area contributed by atoms with Crippen molar-refractivity contribution >= 4 is 13.3 Å². The Bertz CT molecular complexity index is 2260. The van der Waals surface area contributed by atoms with Crippen LogP contribution in [0.5, 0.6) is 0 Å². The van der Waals surface area contributed by atoms with Gasteiger partial charge in [0.15, 0.2) is 17.5 Å². The number of aromatic nitrogens is 3. The predicted octanol–water partition coefficient (Wildman–Crippen LogP) is 11.1. The maximum absolute atomic E-state index is 4.91. The molecule has 8 rings (SSSR count). The third-order valence-electron chi connectivity index (χ3n) is 9.91. The van der Waals surface area contributed by atoms with Gasteiger partial charge in [0.25, 0.3) is 0 Å². The Labute approximate surface area is 290 Å². The minimum atomic E-state index is -1.41. The molecule has 1 aliphatic rings. The first kappa shape index (κ1) is 30.9. The zero-order valence-electron chi connectivity index (χ0n) is 28.7. The molecular weight excluding hydrogens is 611 g/mol. The van der Waals surface area contributed by atoms with Gasteiger partial charge in [0.2, 0.25) is 0 Å². The molecule has 7 aromatic rings. The van der Waals surface area contributed by atoms with Crippen molar-refractivity contribution in [2.45, 2.75) is 38.9 Å². The molecular formula is C45H39N3Si. The molecule has 49 heavy (non-hydrogen) atoms. The zero-order valence-corrected chi connectivity index (χ0v) is 29.7. The van der Waals surface area contributed by atoms with Crippen LogP contribution in [0, 0.1) is 0 Å². The van der Waals surface area contributed by atoms with Gasteiger partial charge in [-0.25, -0.2) is 15.0 Å². The van der Waals surface area contributed by atoms with Gasteiger partial charge < -0.3 is 0 Å². The maximum atomic E-state index is 4.91. The molecule has 1 heterocycles. The highest BCUT2D eigenvalue weighted by Gasteiger charge is 2.36. The van der Waals surface area contributed by atoms with Gasteiger partial charge >= 0.3 is 0 Å². The minimum Gasteiger partial charge on any atom is -0.208 e. The van der Waals surface area contributed by atoms with Crippen LogP contribution < -0.4 is 5.19 Å². The van der Waals surface area contributed by atoms with Crippen molar-refractivity contribution in [3.63, 3.8) is 0 Å². The van der Waals surface area contributed by atoms with E-state index >= 15 is 0 Å². The highest BCUT2D eigenvalue weighted by Crippen LogP contribution is 2.49. The lowest BCUT2D eigenvalue weighted by Gasteiger charge is -2.24. The molecule has 0 N–H and O–H groups in total. The molecule has 0 atom stereocenters. The normalized spacial score (nSPS) is 13.2. The Kier molecular flexibility index (Phi) is 7.50. The summed E-state index contributed by atoms with van der Waals surface area (Å²) < 4.78 is 0. The fourth-order valence-corrected chi connectivity index (χ4v) is 8.17. The molecule has 0 saturated carbocycles. The van der Waals surface area contributed by atoms with E-state index in [9.17, 15) is 0 Å². The average molecular weight is 650 g/mol. The Hall–Kier alpha value is -5.45. The van der Waals surface area contributed by atoms with Gasteiger partial charge in [0.05, 0.1) is 8.07 Å². The molecule has 6 aromatic carbocycles. The van der Waals surface area contributed by atoms with Crippen LogP contribution in [0.4, 0.5) is 0 Å². The van der Waals surface area contributed by atoms with Crippen LogP contribution in [0.1, 0.15) is 25.0 Å². The standard InChI is InChI=1S/C45H39N3Si/c1-45(2)40-28-36(23-25-38(40)39-26-24-37(29-41(39)45)49(3,4)5)35-18-12-17-34(27-35)30-19-21-33(22-20-30)44-47-42(31-13-8-6-9-14-31)46-43(48-44)32-15-10-7-11-16-32/h6-29H,1-5H3. The van der Waals surface area contributed by atoms with Crippen molar-refractivity contribution in [2.75, 3.05) is 0 Å². The molecule has 1 aliphatic carbocycles. The summed E-state index contributed by atoms with van der Waals surface area (Å²) in [5.74, 6) is 1.99. The van der Waals surface area contributed by atoms with E-state index < -0.39 is 8.07 Å². The van der Waals surface area contributed by atoms with Crippen molar-refractivity contribution in [3.8, 4) is 67.5 Å². The van der Waals surface area contributed by atoms with Crippen LogP contribution in [0.15, 0.2) is 146 Å². The van der Waals surface area contributed by atoms with Gasteiger partial charge in [-0.15, -0.1) is 0 Å². The Balaban J connectivity index is 1.12. The summed E-state index contributed by atoms with van der Waals surface area (Å²) in [4.78, 5) is 14.7. The molecule has 0 bridgehead atoms. The van der Waals surface area contributed by atoms with E-state index in [2.05, 4.69) is 118 Å². The molecule has 0 fully saturated rings. The number of benzene rings is 6. The van der Waals surface area contributed by atoms with E-state index in [1.807, 2.05) is 60.7 Å². The fourth-order valence-electron chi connectivity index (χ4n) is 7.01. The van der Waals surface area contributed by atoms with Crippen LogP contribution in [0.2, 0.25) is 19.6 Å². The topological polar surface area (TPSA) is 38.7 Å². The summed E-state index contributed by atoms with van der Waals surface area (Å²) in [5.41, 5.74) is 13.2. The molecule has 0 amide bonds. The van der Waals surface area contributed by atoms with Gasteiger partial charge in [-0.2, -0.15) is 0 Å². The SMILES string of the molecule is CC1(C)c2cc(-c3cccc(-c4ccc(-c5nc(-c6ccccc6)nc(-c6ccccc6)n5)cc4)c3)ccc2-c2ccc([Si](C)(C)C)cc21. The Morgan fingerprint density at radius 1 is 0.388 bits per heavy atom. The molecule has 0 unspecified atom stereocenters. The van der Waals surface area contributed by atoms with Gasteiger partial charge in [-0.3, -0.25) is 0 Å². The van der Waals surface area contributed by atoms with Gasteiger partial charge in [-0.05, 0) is 56.6 Å². The molecule has 4 heteroatoms. The van der Waals surface area contributed by atoms with Crippen LogP contribution in [0.25, 0.3) is 67.5 Å². The van der Waals surface area contributed by atoms with E-state index in [1.54, 1.807) is 0 Å². The highest BCUT2D eigenvalue weighted by molar-refractivity contribution is 6.88. The largest absolute Gasteiger partial charge is 0.208 e. The maximum Gasteiger partial charge on any atom is 0.164 e. The molecule has 238 valence electrons. The number of nitrogens with zero attached hydrogens (tertiary/aromatic N) is 3. The van der Waals surface area contributed by atoms with Crippen LogP contribution in [0.3, 0.4) is 0 Å². The molecule has 0 saturated heterocycles. The van der Waals surface area contributed by atoms with E-state index in [1.165, 1.54) is 44.1 Å². The molecule has 1 aromatic heterocycles. The second-order valence-electron chi connectivity index (χ2n) is 14.6.